The van der Waals surface area contributed by atoms with Crippen LogP contribution in [0.2, 0.25) is 0 Å². The number of carbonyl (C=O) groups excluding carboxylic acids is 1. The smallest absolute Gasteiger partial charge is 0.168 e. The highest BCUT2D eigenvalue weighted by atomic mass is 16.1. The topological polar surface area (TPSA) is 42.0 Å². The summed E-state index contributed by atoms with van der Waals surface area (Å²) >= 11 is 0. The normalized spacial score (nSPS) is 10.2. The second-order valence-corrected chi connectivity index (χ2v) is 4.41. The van der Waals surface area contributed by atoms with Gasteiger partial charge >= 0.3 is 0 Å². The van der Waals surface area contributed by atoms with Gasteiger partial charge in [-0.2, -0.15) is 0 Å². The summed E-state index contributed by atoms with van der Waals surface area (Å²) in [4.78, 5) is 16.5. The number of hydrogen-bond acceptors (Lipinski definition) is 3. The first kappa shape index (κ1) is 13.3. The molecule has 0 radical (unpaired) electrons. The standard InChI is InChI=1S/C16H18N2O/c1-2-11-17-16-10-6-9-14(18-16)12-15(19)13-7-4-3-5-8-13/h3-10H,2,11-12H2,1H3,(H,17,18). The molecule has 19 heavy (non-hydrogen) atoms. The lowest BCUT2D eigenvalue weighted by molar-refractivity contribution is 0.0992. The van der Waals surface area contributed by atoms with Crippen LogP contribution in [0.3, 0.4) is 0 Å². The molecular weight excluding hydrogens is 236 g/mol. The summed E-state index contributed by atoms with van der Waals surface area (Å²) in [6, 6.07) is 15.1. The van der Waals surface area contributed by atoms with E-state index >= 15 is 0 Å². The Morgan fingerprint density at radius 1 is 1.11 bits per heavy atom. The Balaban J connectivity index is 2.05. The Morgan fingerprint density at radius 2 is 1.89 bits per heavy atom. The molecule has 0 aliphatic carbocycles. The van der Waals surface area contributed by atoms with E-state index < -0.39 is 0 Å². The fraction of sp³-hybridized carbons (Fsp3) is 0.250. The van der Waals surface area contributed by atoms with Crippen LogP contribution in [-0.4, -0.2) is 17.3 Å². The molecule has 0 spiro atoms. The van der Waals surface area contributed by atoms with E-state index in [4.69, 9.17) is 0 Å². The minimum atomic E-state index is 0.0979. The highest BCUT2D eigenvalue weighted by Gasteiger charge is 2.07. The number of ketones is 1. The van der Waals surface area contributed by atoms with E-state index in [0.717, 1.165) is 30.0 Å². The Labute approximate surface area is 113 Å². The Morgan fingerprint density at radius 3 is 2.63 bits per heavy atom. The lowest BCUT2D eigenvalue weighted by Crippen LogP contribution is -2.07. The molecule has 0 atom stereocenters. The van der Waals surface area contributed by atoms with Gasteiger partial charge in [0.25, 0.3) is 0 Å². The van der Waals surface area contributed by atoms with Gasteiger partial charge in [0.1, 0.15) is 5.82 Å². The molecule has 0 aliphatic heterocycles. The summed E-state index contributed by atoms with van der Waals surface area (Å²) in [6.07, 6.45) is 1.39. The molecule has 98 valence electrons. The number of carbonyl (C=O) groups is 1. The van der Waals surface area contributed by atoms with Crippen LogP contribution in [0.5, 0.6) is 0 Å². The average molecular weight is 254 g/mol. The van der Waals surface area contributed by atoms with Crippen LogP contribution in [-0.2, 0) is 6.42 Å². The molecule has 3 heteroatoms. The summed E-state index contributed by atoms with van der Waals surface area (Å²) in [5.74, 6) is 0.931. The molecule has 1 heterocycles. The molecule has 1 aromatic heterocycles. The number of anilines is 1. The van der Waals surface area contributed by atoms with E-state index in [1.54, 1.807) is 0 Å². The number of hydrogen-bond donors (Lipinski definition) is 1. The van der Waals surface area contributed by atoms with Crippen molar-refractivity contribution in [1.82, 2.24) is 4.98 Å². The van der Waals surface area contributed by atoms with Crippen LogP contribution in [0, 0.1) is 0 Å². The number of Topliss-reactive ketones (excluding diaryl/α,β-unsaturated/α-hetero) is 1. The Bertz CT molecular complexity index is 537. The first-order valence-corrected chi connectivity index (χ1v) is 6.57. The Hall–Kier alpha value is -2.16. The van der Waals surface area contributed by atoms with Crippen LogP contribution in [0.4, 0.5) is 5.82 Å². The quantitative estimate of drug-likeness (QED) is 0.804. The van der Waals surface area contributed by atoms with Crippen LogP contribution in [0.15, 0.2) is 48.5 Å². The van der Waals surface area contributed by atoms with Gasteiger partial charge in [0.2, 0.25) is 0 Å². The van der Waals surface area contributed by atoms with Crippen LogP contribution >= 0.6 is 0 Å². The highest BCUT2D eigenvalue weighted by molar-refractivity contribution is 5.97. The lowest BCUT2D eigenvalue weighted by Gasteiger charge is -2.06. The molecule has 0 saturated carbocycles. The van der Waals surface area contributed by atoms with Crippen molar-refractivity contribution in [2.45, 2.75) is 19.8 Å². The molecule has 0 unspecified atom stereocenters. The second kappa shape index (κ2) is 6.69. The minimum Gasteiger partial charge on any atom is -0.370 e. The number of rotatable bonds is 6. The molecule has 0 aliphatic rings. The fourth-order valence-electron chi connectivity index (χ4n) is 1.82. The largest absolute Gasteiger partial charge is 0.370 e. The first-order chi connectivity index (χ1) is 9.29. The molecule has 1 N–H and O–H groups in total. The van der Waals surface area contributed by atoms with E-state index in [2.05, 4.69) is 17.2 Å². The van der Waals surface area contributed by atoms with Gasteiger partial charge in [-0.25, -0.2) is 4.98 Å². The van der Waals surface area contributed by atoms with Crippen molar-refractivity contribution in [2.75, 3.05) is 11.9 Å². The first-order valence-electron chi connectivity index (χ1n) is 6.57. The maximum Gasteiger partial charge on any atom is 0.168 e. The van der Waals surface area contributed by atoms with Crippen molar-refractivity contribution in [3.8, 4) is 0 Å². The predicted octanol–water partition coefficient (Wildman–Crippen LogP) is 3.33. The van der Waals surface area contributed by atoms with E-state index in [-0.39, 0.29) is 5.78 Å². The minimum absolute atomic E-state index is 0.0979. The van der Waals surface area contributed by atoms with Crippen molar-refractivity contribution in [1.29, 1.82) is 0 Å². The van der Waals surface area contributed by atoms with Crippen molar-refractivity contribution >= 4 is 11.6 Å². The zero-order chi connectivity index (χ0) is 13.5. The van der Waals surface area contributed by atoms with Gasteiger partial charge in [0.15, 0.2) is 5.78 Å². The molecule has 1 aromatic carbocycles. The zero-order valence-electron chi connectivity index (χ0n) is 11.1. The van der Waals surface area contributed by atoms with Gasteiger partial charge < -0.3 is 5.32 Å². The van der Waals surface area contributed by atoms with Gasteiger partial charge in [-0.05, 0) is 18.6 Å². The number of pyridine rings is 1. The van der Waals surface area contributed by atoms with E-state index in [9.17, 15) is 4.79 Å². The van der Waals surface area contributed by atoms with Crippen molar-refractivity contribution in [3.63, 3.8) is 0 Å². The molecule has 0 saturated heterocycles. The maximum absolute atomic E-state index is 12.1. The molecule has 2 rings (SSSR count). The molecule has 3 nitrogen and oxygen atoms in total. The summed E-state index contributed by atoms with van der Waals surface area (Å²) in [7, 11) is 0. The third kappa shape index (κ3) is 3.91. The SMILES string of the molecule is CCCNc1cccc(CC(=O)c2ccccc2)n1. The van der Waals surface area contributed by atoms with Gasteiger partial charge in [-0.3, -0.25) is 4.79 Å². The predicted molar refractivity (Wildman–Crippen MR) is 77.5 cm³/mol. The van der Waals surface area contributed by atoms with Crippen molar-refractivity contribution < 1.29 is 4.79 Å². The van der Waals surface area contributed by atoms with E-state index in [1.165, 1.54) is 0 Å². The van der Waals surface area contributed by atoms with Crippen LogP contribution < -0.4 is 5.32 Å². The number of nitrogens with one attached hydrogen (secondary N) is 1. The van der Waals surface area contributed by atoms with Gasteiger partial charge in [-0.15, -0.1) is 0 Å². The summed E-state index contributed by atoms with van der Waals surface area (Å²) < 4.78 is 0. The molecular formula is C16H18N2O. The maximum atomic E-state index is 12.1. The molecule has 0 amide bonds. The summed E-state index contributed by atoms with van der Waals surface area (Å²) in [5.41, 5.74) is 1.53. The van der Waals surface area contributed by atoms with Gasteiger partial charge in [0, 0.05) is 12.1 Å². The number of nitrogens with zero attached hydrogens (tertiary/aromatic N) is 1. The van der Waals surface area contributed by atoms with Crippen LogP contribution in [0.25, 0.3) is 0 Å². The van der Waals surface area contributed by atoms with Gasteiger partial charge in [-0.1, -0.05) is 43.3 Å². The number of aromatic nitrogens is 1. The van der Waals surface area contributed by atoms with Crippen molar-refractivity contribution in [2.24, 2.45) is 0 Å². The Kier molecular flexibility index (Phi) is 4.67. The monoisotopic (exact) mass is 254 g/mol. The van der Waals surface area contributed by atoms with Crippen molar-refractivity contribution in [3.05, 3.63) is 59.8 Å². The molecule has 0 bridgehead atoms. The summed E-state index contributed by atoms with van der Waals surface area (Å²) in [5, 5.41) is 3.23. The summed E-state index contributed by atoms with van der Waals surface area (Å²) in [6.45, 7) is 3.00. The fourth-order valence-corrected chi connectivity index (χ4v) is 1.82. The molecule has 2 aromatic rings. The van der Waals surface area contributed by atoms with E-state index in [0.29, 0.717) is 6.42 Å². The van der Waals surface area contributed by atoms with Crippen LogP contribution in [0.1, 0.15) is 29.4 Å². The van der Waals surface area contributed by atoms with Gasteiger partial charge in [0.05, 0.1) is 12.1 Å². The second-order valence-electron chi connectivity index (χ2n) is 4.41. The zero-order valence-corrected chi connectivity index (χ0v) is 11.1. The highest BCUT2D eigenvalue weighted by Crippen LogP contribution is 2.09. The average Bonchev–Trinajstić information content (AvgIpc) is 2.46. The third-order valence-corrected chi connectivity index (χ3v) is 2.80. The number of benzene rings is 1. The van der Waals surface area contributed by atoms with E-state index in [1.807, 2.05) is 48.5 Å². The lowest BCUT2D eigenvalue weighted by atomic mass is 10.1. The third-order valence-electron chi connectivity index (χ3n) is 2.80. The molecule has 0 fully saturated rings.